The Labute approximate surface area is 185 Å². The fourth-order valence-corrected chi connectivity index (χ4v) is 3.88. The molecule has 29 heavy (non-hydrogen) atoms. The second kappa shape index (κ2) is 10.3. The quantitative estimate of drug-likeness (QED) is 0.311. The van der Waals surface area contributed by atoms with Gasteiger partial charge in [-0.15, -0.1) is 11.8 Å². The minimum atomic E-state index is -0.279. The van der Waals surface area contributed by atoms with E-state index in [1.807, 2.05) is 67.6 Å². The summed E-state index contributed by atoms with van der Waals surface area (Å²) in [6.07, 6.45) is 0. The number of hydrogen-bond acceptors (Lipinski definition) is 3. The van der Waals surface area contributed by atoms with Crippen LogP contribution in [0, 0.1) is 0 Å². The molecule has 1 amide bonds. The summed E-state index contributed by atoms with van der Waals surface area (Å²) in [6.45, 7) is 1.87. The van der Waals surface area contributed by atoms with E-state index in [-0.39, 0.29) is 11.2 Å². The Bertz CT molecular complexity index is 998. The van der Waals surface area contributed by atoms with Gasteiger partial charge >= 0.3 is 0 Å². The number of rotatable bonds is 6. The van der Waals surface area contributed by atoms with Crippen molar-refractivity contribution in [1.29, 1.82) is 0 Å². The highest BCUT2D eigenvalue weighted by molar-refractivity contribution is 8.00. The van der Waals surface area contributed by atoms with Gasteiger partial charge in [0.25, 0.3) is 0 Å². The minimum absolute atomic E-state index is 0.0862. The number of carbonyl (C=O) groups excluding carboxylic acids is 1. The van der Waals surface area contributed by atoms with Gasteiger partial charge in [0.1, 0.15) is 0 Å². The molecule has 3 N–H and O–H groups in total. The van der Waals surface area contributed by atoms with E-state index in [4.69, 9.17) is 23.8 Å². The van der Waals surface area contributed by atoms with Gasteiger partial charge in [-0.25, -0.2) is 0 Å². The van der Waals surface area contributed by atoms with Crippen LogP contribution in [-0.4, -0.2) is 16.3 Å². The number of carbonyl (C=O) groups is 1. The first-order valence-electron chi connectivity index (χ1n) is 8.96. The lowest BCUT2D eigenvalue weighted by atomic mass is 10.3. The van der Waals surface area contributed by atoms with Crippen molar-refractivity contribution in [3.05, 3.63) is 83.9 Å². The lowest BCUT2D eigenvalue weighted by Gasteiger charge is -2.14. The van der Waals surface area contributed by atoms with E-state index >= 15 is 0 Å². The molecule has 148 valence electrons. The highest BCUT2D eigenvalue weighted by Crippen LogP contribution is 2.27. The topological polar surface area (TPSA) is 53.2 Å². The number of amides is 1. The number of para-hydroxylation sites is 1. The maximum absolute atomic E-state index is 12.5. The van der Waals surface area contributed by atoms with Crippen LogP contribution in [0.25, 0.3) is 0 Å². The minimum Gasteiger partial charge on any atom is -0.332 e. The van der Waals surface area contributed by atoms with Gasteiger partial charge in [0.05, 0.1) is 5.25 Å². The van der Waals surface area contributed by atoms with E-state index in [0.29, 0.717) is 15.8 Å². The summed E-state index contributed by atoms with van der Waals surface area (Å²) in [5.41, 5.74) is 2.45. The number of benzene rings is 3. The smallest absolute Gasteiger partial charge is 0.237 e. The molecule has 3 aromatic carbocycles. The van der Waals surface area contributed by atoms with Crippen LogP contribution in [0.4, 0.5) is 17.1 Å². The van der Waals surface area contributed by atoms with E-state index in [1.54, 1.807) is 18.2 Å². The fraction of sp³-hybridized carbons (Fsp3) is 0.0909. The van der Waals surface area contributed by atoms with Crippen LogP contribution in [0.1, 0.15) is 6.92 Å². The molecule has 1 unspecified atom stereocenters. The third kappa shape index (κ3) is 6.78. The molecule has 0 spiro atoms. The van der Waals surface area contributed by atoms with Crippen LogP contribution in [0.3, 0.4) is 0 Å². The summed E-state index contributed by atoms with van der Waals surface area (Å²) >= 11 is 12.8. The van der Waals surface area contributed by atoms with Crippen molar-refractivity contribution in [2.45, 2.75) is 17.1 Å². The summed E-state index contributed by atoms with van der Waals surface area (Å²) in [5.74, 6) is -0.0862. The molecule has 1 atom stereocenters. The van der Waals surface area contributed by atoms with E-state index in [1.165, 1.54) is 11.8 Å². The van der Waals surface area contributed by atoms with E-state index in [9.17, 15) is 4.79 Å². The van der Waals surface area contributed by atoms with Gasteiger partial charge < -0.3 is 16.0 Å². The van der Waals surface area contributed by atoms with Gasteiger partial charge in [0.2, 0.25) is 5.91 Å². The van der Waals surface area contributed by atoms with E-state index in [2.05, 4.69) is 16.0 Å². The first-order valence-corrected chi connectivity index (χ1v) is 10.6. The maximum Gasteiger partial charge on any atom is 0.237 e. The monoisotopic (exact) mass is 441 g/mol. The zero-order valence-corrected chi connectivity index (χ0v) is 18.1. The Hall–Kier alpha value is -2.54. The van der Waals surface area contributed by atoms with Gasteiger partial charge in [-0.05, 0) is 67.7 Å². The van der Waals surface area contributed by atoms with Gasteiger partial charge in [-0.2, -0.15) is 0 Å². The van der Waals surface area contributed by atoms with Gasteiger partial charge in [0, 0.05) is 27.0 Å². The van der Waals surface area contributed by atoms with Crippen molar-refractivity contribution in [2.75, 3.05) is 16.0 Å². The van der Waals surface area contributed by atoms with Gasteiger partial charge in [-0.1, -0.05) is 41.9 Å². The average Bonchev–Trinajstić information content (AvgIpc) is 2.69. The molecule has 7 heteroatoms. The largest absolute Gasteiger partial charge is 0.332 e. The molecule has 0 aliphatic carbocycles. The molecule has 0 saturated carbocycles. The summed E-state index contributed by atoms with van der Waals surface area (Å²) in [7, 11) is 0. The molecule has 4 nitrogen and oxygen atoms in total. The SMILES string of the molecule is CC(Sc1cccc(NC(=S)Nc2ccccc2)c1)C(=O)Nc1cccc(Cl)c1. The predicted molar refractivity (Wildman–Crippen MR) is 128 cm³/mol. The van der Waals surface area contributed by atoms with Crippen molar-refractivity contribution in [3.8, 4) is 0 Å². The fourth-order valence-electron chi connectivity index (χ4n) is 2.53. The standard InChI is InChI=1S/C22H20ClN3OS2/c1-15(21(27)24-18-10-5-7-16(23)13-18)29-20-12-6-11-19(14-20)26-22(28)25-17-8-3-2-4-9-17/h2-15H,1H3,(H,24,27)(H2,25,26,28). The van der Waals surface area contributed by atoms with Crippen LogP contribution in [0.2, 0.25) is 5.02 Å². The maximum atomic E-state index is 12.5. The third-order valence-electron chi connectivity index (χ3n) is 3.90. The second-order valence-corrected chi connectivity index (χ2v) is 8.49. The van der Waals surface area contributed by atoms with Crippen LogP contribution in [0.5, 0.6) is 0 Å². The molecule has 0 aromatic heterocycles. The van der Waals surface area contributed by atoms with Gasteiger partial charge in [0.15, 0.2) is 5.11 Å². The lowest BCUT2D eigenvalue weighted by Crippen LogP contribution is -2.22. The predicted octanol–water partition coefficient (Wildman–Crippen LogP) is 6.27. The lowest BCUT2D eigenvalue weighted by molar-refractivity contribution is -0.115. The molecule has 0 aliphatic heterocycles. The molecule has 3 aromatic rings. The zero-order valence-electron chi connectivity index (χ0n) is 15.7. The van der Waals surface area contributed by atoms with Crippen LogP contribution >= 0.6 is 35.6 Å². The summed E-state index contributed by atoms with van der Waals surface area (Å²) < 4.78 is 0. The molecule has 0 heterocycles. The Morgan fingerprint density at radius 3 is 2.21 bits per heavy atom. The van der Waals surface area contributed by atoms with Crippen molar-refractivity contribution < 1.29 is 4.79 Å². The Morgan fingerprint density at radius 2 is 1.48 bits per heavy atom. The highest BCUT2D eigenvalue weighted by atomic mass is 35.5. The molecular formula is C22H20ClN3OS2. The molecule has 0 radical (unpaired) electrons. The summed E-state index contributed by atoms with van der Waals surface area (Å²) in [6, 6.07) is 24.6. The summed E-state index contributed by atoms with van der Waals surface area (Å²) in [4.78, 5) is 13.4. The highest BCUT2D eigenvalue weighted by Gasteiger charge is 2.15. The van der Waals surface area contributed by atoms with Crippen LogP contribution in [-0.2, 0) is 4.79 Å². The number of thioether (sulfide) groups is 1. The first kappa shape index (κ1) is 21.2. The molecule has 0 fully saturated rings. The Morgan fingerprint density at radius 1 is 0.862 bits per heavy atom. The van der Waals surface area contributed by atoms with Crippen LogP contribution in [0.15, 0.2) is 83.8 Å². The average molecular weight is 442 g/mol. The molecule has 0 saturated heterocycles. The van der Waals surface area contributed by atoms with Crippen LogP contribution < -0.4 is 16.0 Å². The zero-order chi connectivity index (χ0) is 20.6. The Kier molecular flexibility index (Phi) is 7.52. The van der Waals surface area contributed by atoms with E-state index < -0.39 is 0 Å². The number of hydrogen-bond donors (Lipinski definition) is 3. The van der Waals surface area contributed by atoms with Crippen molar-refractivity contribution in [1.82, 2.24) is 0 Å². The number of thiocarbonyl (C=S) groups is 1. The Balaban J connectivity index is 1.57. The molecule has 0 bridgehead atoms. The van der Waals surface area contributed by atoms with E-state index in [0.717, 1.165) is 16.3 Å². The first-order chi connectivity index (χ1) is 14.0. The molecule has 3 rings (SSSR count). The normalized spacial score (nSPS) is 11.4. The molecule has 0 aliphatic rings. The number of anilines is 3. The van der Waals surface area contributed by atoms with Crippen molar-refractivity contribution >= 4 is 63.7 Å². The second-order valence-electron chi connectivity index (χ2n) is 6.23. The van der Waals surface area contributed by atoms with Gasteiger partial charge in [-0.3, -0.25) is 4.79 Å². The number of nitrogens with one attached hydrogen (secondary N) is 3. The van der Waals surface area contributed by atoms with Crippen molar-refractivity contribution in [2.24, 2.45) is 0 Å². The van der Waals surface area contributed by atoms with Crippen molar-refractivity contribution in [3.63, 3.8) is 0 Å². The number of halogens is 1. The summed E-state index contributed by atoms with van der Waals surface area (Å²) in [5, 5.41) is 10.0. The third-order valence-corrected chi connectivity index (χ3v) is 5.43. The molecular weight excluding hydrogens is 422 g/mol.